The van der Waals surface area contributed by atoms with Crippen molar-refractivity contribution in [2.24, 2.45) is 0 Å². The van der Waals surface area contributed by atoms with Crippen molar-refractivity contribution in [1.29, 1.82) is 0 Å². The van der Waals surface area contributed by atoms with Crippen LogP contribution < -0.4 is 15.0 Å². The molecule has 0 bridgehead atoms. The quantitative estimate of drug-likeness (QED) is 0.515. The van der Waals surface area contributed by atoms with Crippen LogP contribution in [0.5, 0.6) is 11.5 Å². The maximum atomic E-state index is 9.90. The number of aromatic nitrogens is 2. The minimum absolute atomic E-state index is 0.206. The fourth-order valence-corrected chi connectivity index (χ4v) is 3.33. The Bertz CT molecular complexity index is 988. The molecule has 1 aliphatic heterocycles. The molecule has 162 valence electrons. The molecule has 2 N–H and O–H groups in total. The summed E-state index contributed by atoms with van der Waals surface area (Å²) in [4.78, 5) is 11.6. The summed E-state index contributed by atoms with van der Waals surface area (Å²) in [5.74, 6) is 2.40. The number of nitrogens with zero attached hydrogens (tertiary/aromatic N) is 3. The van der Waals surface area contributed by atoms with Gasteiger partial charge in [-0.2, -0.15) is 4.98 Å². The molecule has 2 heterocycles. The summed E-state index contributed by atoms with van der Waals surface area (Å²) >= 11 is 0. The molecule has 31 heavy (non-hydrogen) atoms. The minimum atomic E-state index is 0.206. The van der Waals surface area contributed by atoms with E-state index in [1.54, 1.807) is 12.1 Å². The first kappa shape index (κ1) is 20.9. The zero-order valence-electron chi connectivity index (χ0n) is 17.8. The lowest BCUT2D eigenvalue weighted by atomic mass is 10.1. The van der Waals surface area contributed by atoms with Crippen LogP contribution in [0.2, 0.25) is 0 Å². The van der Waals surface area contributed by atoms with Gasteiger partial charge in [-0.15, -0.1) is 0 Å². The molecule has 0 unspecified atom stereocenters. The number of nitrogens with one attached hydrogen (secondary N) is 1. The number of rotatable bonds is 8. The Morgan fingerprint density at radius 2 is 1.87 bits per heavy atom. The van der Waals surface area contributed by atoms with E-state index < -0.39 is 0 Å². The number of ether oxygens (including phenoxy) is 2. The number of phenolic OH excluding ortho intramolecular Hbond substituents is 1. The summed E-state index contributed by atoms with van der Waals surface area (Å²) in [7, 11) is 0. The van der Waals surface area contributed by atoms with E-state index in [-0.39, 0.29) is 5.75 Å². The summed E-state index contributed by atoms with van der Waals surface area (Å²) < 4.78 is 11.2. The van der Waals surface area contributed by atoms with Crippen molar-refractivity contribution in [3.05, 3.63) is 54.6 Å². The molecule has 1 fully saturated rings. The highest BCUT2D eigenvalue weighted by molar-refractivity contribution is 5.68. The molecule has 3 aromatic rings. The van der Waals surface area contributed by atoms with Crippen molar-refractivity contribution >= 4 is 17.5 Å². The van der Waals surface area contributed by atoms with Crippen LogP contribution in [-0.2, 0) is 4.74 Å². The van der Waals surface area contributed by atoms with E-state index in [1.807, 2.05) is 42.5 Å². The molecular formula is C24H28N4O3. The molecule has 0 radical (unpaired) electrons. The Labute approximate surface area is 182 Å². The predicted molar refractivity (Wildman–Crippen MR) is 122 cm³/mol. The van der Waals surface area contributed by atoms with Crippen LogP contribution in [0.25, 0.3) is 11.3 Å². The Kier molecular flexibility index (Phi) is 6.84. The van der Waals surface area contributed by atoms with Gasteiger partial charge in [0.1, 0.15) is 17.3 Å². The van der Waals surface area contributed by atoms with Crippen molar-refractivity contribution < 1.29 is 14.6 Å². The smallest absolute Gasteiger partial charge is 0.228 e. The third kappa shape index (κ3) is 5.64. The molecule has 7 nitrogen and oxygen atoms in total. The topological polar surface area (TPSA) is 79.7 Å². The Hall–Kier alpha value is -3.32. The number of anilines is 3. The standard InChI is InChI=1S/C24H28N4O3/c1-2-3-13-31-21-9-7-19(8-10-21)25-23-17-22(18-5-4-6-20(29)16-18)26-24(27-23)28-11-14-30-15-12-28/h4-10,16-17,29H,2-3,11-15H2,1H3,(H,25,26,27). The minimum Gasteiger partial charge on any atom is -0.508 e. The van der Waals surface area contributed by atoms with Gasteiger partial charge in [-0.25, -0.2) is 4.98 Å². The first-order chi connectivity index (χ1) is 15.2. The number of hydrogen-bond donors (Lipinski definition) is 2. The first-order valence-electron chi connectivity index (χ1n) is 10.7. The number of hydrogen-bond acceptors (Lipinski definition) is 7. The van der Waals surface area contributed by atoms with Gasteiger partial charge in [0, 0.05) is 30.4 Å². The second-order valence-electron chi connectivity index (χ2n) is 7.44. The van der Waals surface area contributed by atoms with Gasteiger partial charge in [0.05, 0.1) is 25.5 Å². The second-order valence-corrected chi connectivity index (χ2v) is 7.44. The summed E-state index contributed by atoms with van der Waals surface area (Å²) in [6.07, 6.45) is 2.16. The van der Waals surface area contributed by atoms with Crippen molar-refractivity contribution in [3.8, 4) is 22.8 Å². The second kappa shape index (κ2) is 10.1. The van der Waals surface area contributed by atoms with Gasteiger partial charge < -0.3 is 24.8 Å². The molecule has 0 aliphatic carbocycles. The van der Waals surface area contributed by atoms with Gasteiger partial charge >= 0.3 is 0 Å². The van der Waals surface area contributed by atoms with Crippen LogP contribution in [0.3, 0.4) is 0 Å². The van der Waals surface area contributed by atoms with Gasteiger partial charge in [0.25, 0.3) is 0 Å². The van der Waals surface area contributed by atoms with Gasteiger partial charge in [0.2, 0.25) is 5.95 Å². The van der Waals surface area contributed by atoms with Gasteiger partial charge in [-0.3, -0.25) is 0 Å². The average Bonchev–Trinajstić information content (AvgIpc) is 2.81. The number of phenols is 1. The largest absolute Gasteiger partial charge is 0.508 e. The van der Waals surface area contributed by atoms with Gasteiger partial charge in [-0.05, 0) is 42.8 Å². The molecule has 0 amide bonds. The summed E-state index contributed by atoms with van der Waals surface area (Å²) in [6, 6.07) is 16.9. The Morgan fingerprint density at radius 3 is 2.61 bits per heavy atom. The third-order valence-corrected chi connectivity index (χ3v) is 5.04. The van der Waals surface area contributed by atoms with E-state index in [0.29, 0.717) is 25.0 Å². The van der Waals surface area contributed by atoms with E-state index >= 15 is 0 Å². The highest BCUT2D eigenvalue weighted by Crippen LogP contribution is 2.28. The number of aromatic hydroxyl groups is 1. The molecule has 0 saturated carbocycles. The molecule has 1 aromatic heterocycles. The van der Waals surface area contributed by atoms with Crippen LogP contribution >= 0.6 is 0 Å². The molecular weight excluding hydrogens is 392 g/mol. The zero-order chi connectivity index (χ0) is 21.5. The summed E-state index contributed by atoms with van der Waals surface area (Å²) in [6.45, 7) is 5.67. The van der Waals surface area contributed by atoms with E-state index in [4.69, 9.17) is 19.4 Å². The SMILES string of the molecule is CCCCOc1ccc(Nc2cc(-c3cccc(O)c3)nc(N3CCOCC3)n2)cc1. The van der Waals surface area contributed by atoms with Crippen molar-refractivity contribution in [3.63, 3.8) is 0 Å². The first-order valence-corrected chi connectivity index (χ1v) is 10.7. The van der Waals surface area contributed by atoms with Crippen LogP contribution in [0.4, 0.5) is 17.5 Å². The van der Waals surface area contributed by atoms with Gasteiger partial charge in [0.15, 0.2) is 0 Å². The lowest BCUT2D eigenvalue weighted by molar-refractivity contribution is 0.122. The van der Waals surface area contributed by atoms with E-state index in [9.17, 15) is 5.11 Å². The number of morpholine rings is 1. The highest BCUT2D eigenvalue weighted by atomic mass is 16.5. The fourth-order valence-electron chi connectivity index (χ4n) is 3.33. The highest BCUT2D eigenvalue weighted by Gasteiger charge is 2.16. The van der Waals surface area contributed by atoms with Crippen LogP contribution in [-0.4, -0.2) is 48.0 Å². The Morgan fingerprint density at radius 1 is 1.06 bits per heavy atom. The normalized spacial score (nSPS) is 13.8. The van der Waals surface area contributed by atoms with E-state index in [0.717, 1.165) is 55.2 Å². The third-order valence-electron chi connectivity index (χ3n) is 5.04. The molecule has 0 atom stereocenters. The fraction of sp³-hybridized carbons (Fsp3) is 0.333. The van der Waals surface area contributed by atoms with Crippen LogP contribution in [0, 0.1) is 0 Å². The summed E-state index contributed by atoms with van der Waals surface area (Å²) in [5.41, 5.74) is 2.49. The zero-order valence-corrected chi connectivity index (χ0v) is 17.8. The molecule has 1 aliphatic rings. The molecule has 7 heteroatoms. The van der Waals surface area contributed by atoms with Gasteiger partial charge in [-0.1, -0.05) is 25.5 Å². The summed E-state index contributed by atoms with van der Waals surface area (Å²) in [5, 5.41) is 13.3. The monoisotopic (exact) mass is 420 g/mol. The van der Waals surface area contributed by atoms with E-state index in [2.05, 4.69) is 17.1 Å². The van der Waals surface area contributed by atoms with Crippen LogP contribution in [0.15, 0.2) is 54.6 Å². The maximum Gasteiger partial charge on any atom is 0.228 e. The molecule has 4 rings (SSSR count). The molecule has 1 saturated heterocycles. The van der Waals surface area contributed by atoms with Crippen molar-refractivity contribution in [2.45, 2.75) is 19.8 Å². The maximum absolute atomic E-state index is 9.90. The molecule has 0 spiro atoms. The Balaban J connectivity index is 1.59. The van der Waals surface area contributed by atoms with Crippen molar-refractivity contribution in [1.82, 2.24) is 9.97 Å². The predicted octanol–water partition coefficient (Wildman–Crippen LogP) is 4.61. The number of benzene rings is 2. The van der Waals surface area contributed by atoms with Crippen molar-refractivity contribution in [2.75, 3.05) is 43.1 Å². The van der Waals surface area contributed by atoms with Crippen LogP contribution in [0.1, 0.15) is 19.8 Å². The average molecular weight is 421 g/mol. The lowest BCUT2D eigenvalue weighted by Crippen LogP contribution is -2.37. The number of unbranched alkanes of at least 4 members (excludes halogenated alkanes) is 1. The molecule has 2 aromatic carbocycles. The van der Waals surface area contributed by atoms with E-state index in [1.165, 1.54) is 0 Å². The lowest BCUT2D eigenvalue weighted by Gasteiger charge is -2.27.